The van der Waals surface area contributed by atoms with Gasteiger partial charge < -0.3 is 14.6 Å². The first kappa shape index (κ1) is 16.5. The molecule has 1 fully saturated rings. The predicted octanol–water partition coefficient (Wildman–Crippen LogP) is 2.94. The highest BCUT2D eigenvalue weighted by atomic mass is 32.1. The molecule has 7 nitrogen and oxygen atoms in total. The second-order valence-electron chi connectivity index (χ2n) is 6.66. The lowest BCUT2D eigenvalue weighted by Crippen LogP contribution is -2.16. The van der Waals surface area contributed by atoms with Crippen molar-refractivity contribution in [1.82, 2.24) is 24.1 Å². The van der Waals surface area contributed by atoms with Crippen molar-refractivity contribution in [3.05, 3.63) is 43.1 Å². The highest BCUT2D eigenvalue weighted by Crippen LogP contribution is 2.33. The predicted molar refractivity (Wildman–Crippen MR) is 106 cm³/mol. The zero-order chi connectivity index (χ0) is 18.2. The van der Waals surface area contributed by atoms with E-state index in [1.807, 2.05) is 29.2 Å². The lowest BCUT2D eigenvalue weighted by atomic mass is 10.2. The Morgan fingerprint density at radius 3 is 2.85 bits per heavy atom. The summed E-state index contributed by atoms with van der Waals surface area (Å²) in [5.41, 5.74) is 2.94. The number of anilines is 1. The summed E-state index contributed by atoms with van der Waals surface area (Å²) in [5.74, 6) is 0.895. The first-order valence-corrected chi connectivity index (χ1v) is 9.96. The summed E-state index contributed by atoms with van der Waals surface area (Å²) in [5, 5.41) is 10.3. The zero-order valence-corrected chi connectivity index (χ0v) is 15.6. The van der Waals surface area contributed by atoms with E-state index in [4.69, 9.17) is 0 Å². The van der Waals surface area contributed by atoms with Gasteiger partial charge in [-0.1, -0.05) is 11.3 Å². The topological polar surface area (TPSA) is 72.0 Å². The summed E-state index contributed by atoms with van der Waals surface area (Å²) in [6, 6.07) is 6.15. The summed E-state index contributed by atoms with van der Waals surface area (Å²) < 4.78 is 4.03. The number of thiazole rings is 1. The Labute approximate surface area is 160 Å². The molecule has 0 spiro atoms. The summed E-state index contributed by atoms with van der Waals surface area (Å²) in [6.45, 7) is 2.83. The maximum absolute atomic E-state index is 9.18. The first-order chi connectivity index (χ1) is 13.3. The maximum Gasteiger partial charge on any atom is 0.185 e. The molecule has 138 valence electrons. The molecule has 1 aromatic carbocycles. The molecule has 1 aliphatic rings. The fourth-order valence-corrected chi connectivity index (χ4v) is 4.57. The van der Waals surface area contributed by atoms with Crippen LogP contribution in [0, 0.1) is 0 Å². The Kier molecular flexibility index (Phi) is 4.14. The zero-order valence-electron chi connectivity index (χ0n) is 14.8. The van der Waals surface area contributed by atoms with Crippen LogP contribution in [0.4, 0.5) is 5.13 Å². The third kappa shape index (κ3) is 2.90. The molecule has 4 heterocycles. The van der Waals surface area contributed by atoms with Gasteiger partial charge in [-0.05, 0) is 31.0 Å². The second-order valence-corrected chi connectivity index (χ2v) is 7.67. The fourth-order valence-electron chi connectivity index (χ4n) is 3.60. The van der Waals surface area contributed by atoms with Gasteiger partial charge in [0.2, 0.25) is 0 Å². The van der Waals surface area contributed by atoms with Crippen molar-refractivity contribution in [2.45, 2.75) is 19.4 Å². The van der Waals surface area contributed by atoms with Gasteiger partial charge in [0.15, 0.2) is 11.0 Å². The van der Waals surface area contributed by atoms with Crippen LogP contribution in [0.2, 0.25) is 0 Å². The van der Waals surface area contributed by atoms with Gasteiger partial charge in [-0.3, -0.25) is 4.57 Å². The molecule has 1 aliphatic heterocycles. The van der Waals surface area contributed by atoms with E-state index in [1.54, 1.807) is 17.7 Å². The van der Waals surface area contributed by atoms with Gasteiger partial charge in [0.1, 0.15) is 0 Å². The highest BCUT2D eigenvalue weighted by Gasteiger charge is 2.18. The average molecular weight is 380 g/mol. The molecular formula is C19H20N6OS. The van der Waals surface area contributed by atoms with Crippen molar-refractivity contribution in [3.8, 4) is 16.4 Å². The molecule has 0 amide bonds. The van der Waals surface area contributed by atoms with E-state index in [2.05, 4.69) is 36.6 Å². The molecule has 0 atom stereocenters. The smallest absolute Gasteiger partial charge is 0.185 e. The second kappa shape index (κ2) is 6.79. The lowest BCUT2D eigenvalue weighted by Gasteiger charge is -2.12. The number of aliphatic hydroxyl groups excluding tert-OH is 1. The van der Waals surface area contributed by atoms with Crippen molar-refractivity contribution in [2.75, 3.05) is 24.6 Å². The third-order valence-electron chi connectivity index (χ3n) is 4.95. The van der Waals surface area contributed by atoms with Crippen molar-refractivity contribution in [3.63, 3.8) is 0 Å². The Hall–Kier alpha value is -2.71. The third-order valence-corrected chi connectivity index (χ3v) is 6.01. The van der Waals surface area contributed by atoms with Crippen LogP contribution >= 0.6 is 11.3 Å². The van der Waals surface area contributed by atoms with E-state index in [9.17, 15) is 5.11 Å². The van der Waals surface area contributed by atoms with E-state index >= 15 is 0 Å². The van der Waals surface area contributed by atoms with E-state index in [0.29, 0.717) is 6.54 Å². The minimum absolute atomic E-state index is 0.101. The summed E-state index contributed by atoms with van der Waals surface area (Å²) in [7, 11) is 0. The number of benzene rings is 1. The Morgan fingerprint density at radius 1 is 1.11 bits per heavy atom. The fraction of sp³-hybridized carbons (Fsp3) is 0.316. The number of hydrogen-bond donors (Lipinski definition) is 1. The Morgan fingerprint density at radius 2 is 2.00 bits per heavy atom. The van der Waals surface area contributed by atoms with Crippen LogP contribution in [0.1, 0.15) is 12.8 Å². The van der Waals surface area contributed by atoms with Gasteiger partial charge in [-0.25, -0.2) is 15.0 Å². The number of imidazole rings is 2. The van der Waals surface area contributed by atoms with Crippen LogP contribution in [0.3, 0.4) is 0 Å². The van der Waals surface area contributed by atoms with Crippen LogP contribution < -0.4 is 4.90 Å². The minimum atomic E-state index is 0.101. The summed E-state index contributed by atoms with van der Waals surface area (Å²) in [6.07, 6.45) is 9.96. The Bertz CT molecular complexity index is 1070. The van der Waals surface area contributed by atoms with E-state index < -0.39 is 0 Å². The quantitative estimate of drug-likeness (QED) is 0.576. The van der Waals surface area contributed by atoms with E-state index in [0.717, 1.165) is 45.6 Å². The van der Waals surface area contributed by atoms with E-state index in [1.165, 1.54) is 12.8 Å². The van der Waals surface area contributed by atoms with Crippen LogP contribution in [0.25, 0.3) is 27.4 Å². The number of aliphatic hydroxyl groups is 1. The summed E-state index contributed by atoms with van der Waals surface area (Å²) >= 11 is 1.70. The number of rotatable bonds is 5. The van der Waals surface area contributed by atoms with Gasteiger partial charge in [0.25, 0.3) is 0 Å². The molecule has 0 unspecified atom stereocenters. The monoisotopic (exact) mass is 380 g/mol. The minimum Gasteiger partial charge on any atom is -0.395 e. The van der Waals surface area contributed by atoms with E-state index in [-0.39, 0.29) is 6.61 Å². The maximum atomic E-state index is 9.18. The normalized spacial score (nSPS) is 14.5. The molecule has 3 aromatic heterocycles. The number of hydrogen-bond acceptors (Lipinski definition) is 6. The SMILES string of the molecule is OCCn1cnc2cc(-n3ccnc3-c3cnc(N4CCCC4)s3)ccc21. The molecule has 5 rings (SSSR count). The molecule has 27 heavy (non-hydrogen) atoms. The van der Waals surface area contributed by atoms with Gasteiger partial charge >= 0.3 is 0 Å². The van der Waals surface area contributed by atoms with Crippen LogP contribution in [-0.2, 0) is 6.54 Å². The van der Waals surface area contributed by atoms with Crippen molar-refractivity contribution >= 4 is 27.5 Å². The molecule has 1 saturated heterocycles. The molecule has 0 aliphatic carbocycles. The highest BCUT2D eigenvalue weighted by molar-refractivity contribution is 7.18. The number of nitrogens with zero attached hydrogens (tertiary/aromatic N) is 6. The van der Waals surface area contributed by atoms with Crippen LogP contribution in [-0.4, -0.2) is 48.9 Å². The molecular weight excluding hydrogens is 360 g/mol. The molecule has 1 N–H and O–H groups in total. The molecule has 0 bridgehead atoms. The standard InChI is InChI=1S/C19H20N6OS/c26-10-9-24-13-22-15-11-14(3-4-16(15)24)25-8-5-20-18(25)17-12-21-19(27-17)23-6-1-2-7-23/h3-5,8,11-13,26H,1-2,6-7,9-10H2. The van der Waals surface area contributed by atoms with Gasteiger partial charge in [-0.15, -0.1) is 0 Å². The van der Waals surface area contributed by atoms with Crippen molar-refractivity contribution in [1.29, 1.82) is 0 Å². The van der Waals surface area contributed by atoms with Gasteiger partial charge in [0, 0.05) is 37.7 Å². The Balaban J connectivity index is 1.50. The molecule has 4 aromatic rings. The number of aromatic nitrogens is 5. The number of fused-ring (bicyclic) bond motifs is 1. The summed E-state index contributed by atoms with van der Waals surface area (Å²) in [4.78, 5) is 17.1. The van der Waals surface area contributed by atoms with Crippen molar-refractivity contribution < 1.29 is 5.11 Å². The lowest BCUT2D eigenvalue weighted by molar-refractivity contribution is 0.278. The molecule has 0 radical (unpaired) electrons. The average Bonchev–Trinajstić information content (AvgIpc) is 3.46. The van der Waals surface area contributed by atoms with Crippen LogP contribution in [0.15, 0.2) is 43.1 Å². The molecule has 0 saturated carbocycles. The first-order valence-electron chi connectivity index (χ1n) is 9.14. The van der Waals surface area contributed by atoms with Crippen LogP contribution in [0.5, 0.6) is 0 Å². The van der Waals surface area contributed by atoms with Crippen molar-refractivity contribution in [2.24, 2.45) is 0 Å². The van der Waals surface area contributed by atoms with Gasteiger partial charge in [0.05, 0.1) is 35.0 Å². The molecule has 8 heteroatoms. The largest absolute Gasteiger partial charge is 0.395 e. The van der Waals surface area contributed by atoms with Gasteiger partial charge in [-0.2, -0.15) is 0 Å².